The monoisotopic (exact) mass is 253 g/mol. The molecule has 1 saturated heterocycles. The molecule has 1 rings (SSSR count). The van der Waals surface area contributed by atoms with Crippen molar-refractivity contribution in [3.05, 3.63) is 0 Å². The van der Waals surface area contributed by atoms with Crippen molar-refractivity contribution < 1.29 is 22.7 Å². The quantitative estimate of drug-likeness (QED) is 0.728. The number of nitrogens with one attached hydrogen (secondary N) is 1. The van der Waals surface area contributed by atoms with Crippen molar-refractivity contribution in [1.82, 2.24) is 5.32 Å². The second-order valence-corrected chi connectivity index (χ2v) is 5.36. The lowest BCUT2D eigenvalue weighted by Crippen LogP contribution is -2.56. The summed E-state index contributed by atoms with van der Waals surface area (Å²) in [5.74, 6) is -1.18. The largest absolute Gasteiger partial charge is 0.459 e. The lowest BCUT2D eigenvalue weighted by Gasteiger charge is -2.38. The summed E-state index contributed by atoms with van der Waals surface area (Å²) < 4.78 is 44.2. The number of carbonyl (C=O) groups excluding carboxylic acids is 1. The molecule has 1 fully saturated rings. The first-order valence-corrected chi connectivity index (χ1v) is 5.59. The standard InChI is InChI=1S/C11H18F3NO2/c1-9(2,3)17-8(16)10(11(12,13)14)5-4-6-15-7-10/h15H,4-7H2,1-3H3. The van der Waals surface area contributed by atoms with Gasteiger partial charge < -0.3 is 10.1 Å². The minimum atomic E-state index is -4.58. The van der Waals surface area contributed by atoms with E-state index in [2.05, 4.69) is 5.32 Å². The molecule has 1 aliphatic rings. The van der Waals surface area contributed by atoms with E-state index in [0.717, 1.165) is 0 Å². The van der Waals surface area contributed by atoms with Crippen LogP contribution in [0.15, 0.2) is 0 Å². The van der Waals surface area contributed by atoms with Crippen LogP contribution in [0.4, 0.5) is 13.2 Å². The van der Waals surface area contributed by atoms with E-state index in [1.165, 1.54) is 0 Å². The van der Waals surface area contributed by atoms with Gasteiger partial charge in [-0.2, -0.15) is 13.2 Å². The number of piperidine rings is 1. The zero-order valence-electron chi connectivity index (χ0n) is 10.3. The van der Waals surface area contributed by atoms with E-state index in [-0.39, 0.29) is 6.42 Å². The van der Waals surface area contributed by atoms with E-state index in [4.69, 9.17) is 4.74 Å². The zero-order chi connectivity index (χ0) is 13.3. The fourth-order valence-electron chi connectivity index (χ4n) is 1.81. The van der Waals surface area contributed by atoms with Crippen molar-refractivity contribution in [2.24, 2.45) is 5.41 Å². The summed E-state index contributed by atoms with van der Waals surface area (Å²) in [7, 11) is 0. The summed E-state index contributed by atoms with van der Waals surface area (Å²) in [6, 6.07) is 0. The van der Waals surface area contributed by atoms with Crippen molar-refractivity contribution in [3.63, 3.8) is 0 Å². The molecule has 0 aromatic heterocycles. The highest BCUT2D eigenvalue weighted by molar-refractivity contribution is 5.78. The van der Waals surface area contributed by atoms with Crippen LogP contribution >= 0.6 is 0 Å². The Labute approximate surface area is 98.7 Å². The average molecular weight is 253 g/mol. The average Bonchev–Trinajstić information content (AvgIpc) is 2.14. The van der Waals surface area contributed by atoms with Gasteiger partial charge in [0.1, 0.15) is 5.60 Å². The lowest BCUT2D eigenvalue weighted by molar-refractivity contribution is -0.243. The Morgan fingerprint density at radius 2 is 1.88 bits per heavy atom. The van der Waals surface area contributed by atoms with E-state index in [1.54, 1.807) is 20.8 Å². The molecule has 1 N–H and O–H groups in total. The fraction of sp³-hybridized carbons (Fsp3) is 0.909. The summed E-state index contributed by atoms with van der Waals surface area (Å²) in [4.78, 5) is 11.8. The van der Waals surface area contributed by atoms with Gasteiger partial charge in [0.2, 0.25) is 0 Å². The van der Waals surface area contributed by atoms with Gasteiger partial charge in [0.05, 0.1) is 0 Å². The van der Waals surface area contributed by atoms with Gasteiger partial charge in [-0.3, -0.25) is 4.79 Å². The van der Waals surface area contributed by atoms with E-state index >= 15 is 0 Å². The Morgan fingerprint density at radius 3 is 2.24 bits per heavy atom. The third kappa shape index (κ3) is 3.12. The predicted molar refractivity (Wildman–Crippen MR) is 56.4 cm³/mol. The smallest absolute Gasteiger partial charge is 0.406 e. The SMILES string of the molecule is CC(C)(C)OC(=O)C1(C(F)(F)F)CCCNC1. The van der Waals surface area contributed by atoms with Gasteiger partial charge in [0, 0.05) is 6.54 Å². The summed E-state index contributed by atoms with van der Waals surface area (Å²) >= 11 is 0. The Bertz CT molecular complexity index is 288. The molecule has 0 aromatic carbocycles. The molecule has 3 nitrogen and oxygen atoms in total. The van der Waals surface area contributed by atoms with Crippen LogP contribution in [0.2, 0.25) is 0 Å². The summed E-state index contributed by atoms with van der Waals surface area (Å²) in [5.41, 5.74) is -3.30. The van der Waals surface area contributed by atoms with Gasteiger partial charge in [-0.1, -0.05) is 0 Å². The van der Waals surface area contributed by atoms with Crippen molar-refractivity contribution in [3.8, 4) is 0 Å². The molecule has 1 unspecified atom stereocenters. The second-order valence-electron chi connectivity index (χ2n) is 5.36. The van der Waals surface area contributed by atoms with Crippen LogP contribution in [0.25, 0.3) is 0 Å². The molecule has 1 heterocycles. The van der Waals surface area contributed by atoms with Gasteiger partial charge in [-0.05, 0) is 40.2 Å². The normalized spacial score (nSPS) is 26.7. The zero-order valence-corrected chi connectivity index (χ0v) is 10.3. The summed E-state index contributed by atoms with van der Waals surface area (Å²) in [5, 5.41) is 2.63. The van der Waals surface area contributed by atoms with Crippen LogP contribution in [0, 0.1) is 5.41 Å². The molecule has 0 radical (unpaired) electrons. The molecule has 100 valence electrons. The molecule has 0 aromatic rings. The molecule has 6 heteroatoms. The third-order valence-electron chi connectivity index (χ3n) is 2.72. The fourth-order valence-corrected chi connectivity index (χ4v) is 1.81. The first-order chi connectivity index (χ1) is 7.58. The molecular formula is C11H18F3NO2. The minimum Gasteiger partial charge on any atom is -0.459 e. The highest BCUT2D eigenvalue weighted by Gasteiger charge is 2.61. The van der Waals surface area contributed by atoms with Gasteiger partial charge in [0.25, 0.3) is 0 Å². The topological polar surface area (TPSA) is 38.3 Å². The number of esters is 1. The van der Waals surface area contributed by atoms with Gasteiger partial charge in [-0.25, -0.2) is 0 Å². The minimum absolute atomic E-state index is 0.210. The summed E-state index contributed by atoms with van der Waals surface area (Å²) in [6.45, 7) is 4.79. The number of alkyl halides is 3. The molecule has 1 aliphatic heterocycles. The number of rotatable bonds is 1. The second kappa shape index (κ2) is 4.48. The summed E-state index contributed by atoms with van der Waals surface area (Å²) in [6.07, 6.45) is -4.47. The van der Waals surface area contributed by atoms with E-state index in [1.807, 2.05) is 0 Å². The molecule has 1 atom stereocenters. The first kappa shape index (κ1) is 14.3. The molecule has 17 heavy (non-hydrogen) atoms. The van der Waals surface area contributed by atoms with Crippen LogP contribution < -0.4 is 5.32 Å². The van der Waals surface area contributed by atoms with E-state index < -0.39 is 29.7 Å². The number of carbonyl (C=O) groups is 1. The lowest BCUT2D eigenvalue weighted by atomic mass is 9.80. The predicted octanol–water partition coefficient (Wildman–Crippen LogP) is 2.26. The molecule has 0 aliphatic carbocycles. The van der Waals surface area contributed by atoms with E-state index in [9.17, 15) is 18.0 Å². The Morgan fingerprint density at radius 1 is 1.29 bits per heavy atom. The maximum Gasteiger partial charge on any atom is 0.406 e. The van der Waals surface area contributed by atoms with Crippen molar-refractivity contribution in [2.45, 2.75) is 45.4 Å². The third-order valence-corrected chi connectivity index (χ3v) is 2.72. The number of hydrogen-bond donors (Lipinski definition) is 1. The molecule has 0 saturated carbocycles. The van der Waals surface area contributed by atoms with Crippen molar-refractivity contribution >= 4 is 5.97 Å². The molecule has 0 bridgehead atoms. The van der Waals surface area contributed by atoms with Crippen LogP contribution in [-0.2, 0) is 9.53 Å². The first-order valence-electron chi connectivity index (χ1n) is 5.59. The Hall–Kier alpha value is -0.780. The van der Waals surface area contributed by atoms with Crippen LogP contribution in [0.3, 0.4) is 0 Å². The van der Waals surface area contributed by atoms with Gasteiger partial charge in [-0.15, -0.1) is 0 Å². The Balaban J connectivity index is 2.95. The van der Waals surface area contributed by atoms with Crippen LogP contribution in [0.1, 0.15) is 33.6 Å². The van der Waals surface area contributed by atoms with Gasteiger partial charge >= 0.3 is 12.1 Å². The maximum atomic E-state index is 13.1. The van der Waals surface area contributed by atoms with Crippen molar-refractivity contribution in [2.75, 3.05) is 13.1 Å². The van der Waals surface area contributed by atoms with Crippen LogP contribution in [0.5, 0.6) is 0 Å². The highest BCUT2D eigenvalue weighted by Crippen LogP contribution is 2.44. The maximum absolute atomic E-state index is 13.1. The Kier molecular flexibility index (Phi) is 3.76. The number of halogens is 3. The molecule has 0 spiro atoms. The van der Waals surface area contributed by atoms with Crippen molar-refractivity contribution in [1.29, 1.82) is 0 Å². The molecular weight excluding hydrogens is 235 g/mol. The van der Waals surface area contributed by atoms with Gasteiger partial charge in [0.15, 0.2) is 5.41 Å². The van der Waals surface area contributed by atoms with Crippen LogP contribution in [-0.4, -0.2) is 30.8 Å². The highest BCUT2D eigenvalue weighted by atomic mass is 19.4. The van der Waals surface area contributed by atoms with E-state index in [0.29, 0.717) is 13.0 Å². The number of ether oxygens (including phenoxy) is 1. The number of hydrogen-bond acceptors (Lipinski definition) is 3. The molecule has 0 amide bonds.